The van der Waals surface area contributed by atoms with E-state index in [9.17, 15) is 35.9 Å². The van der Waals surface area contributed by atoms with Crippen LogP contribution in [0.4, 0.5) is 26.3 Å². The van der Waals surface area contributed by atoms with Gasteiger partial charge in [0.1, 0.15) is 6.04 Å². The highest BCUT2D eigenvalue weighted by molar-refractivity contribution is 5.96. The van der Waals surface area contributed by atoms with Crippen molar-refractivity contribution >= 4 is 11.9 Å². The number of ether oxygens (including phenoxy) is 1. The molecule has 1 N–H and O–H groups in total. The van der Waals surface area contributed by atoms with E-state index in [1.54, 1.807) is 32.3 Å². The predicted molar refractivity (Wildman–Crippen MR) is 119 cm³/mol. The van der Waals surface area contributed by atoms with Gasteiger partial charge >= 0.3 is 18.3 Å². The Bertz CT molecular complexity index is 1060. The minimum absolute atomic E-state index is 0.0614. The number of carbonyl (C=O) groups excluding carboxylic acids is 2. The van der Waals surface area contributed by atoms with Gasteiger partial charge in [0.15, 0.2) is 0 Å². The highest BCUT2D eigenvalue weighted by Gasteiger charge is 2.60. The second kappa shape index (κ2) is 10.9. The lowest BCUT2D eigenvalue weighted by atomic mass is 9.97. The van der Waals surface area contributed by atoms with E-state index >= 15 is 0 Å². The van der Waals surface area contributed by atoms with Crippen LogP contribution in [0.3, 0.4) is 0 Å². The molecule has 0 saturated carbocycles. The Morgan fingerprint density at radius 1 is 1.03 bits per heavy atom. The van der Waals surface area contributed by atoms with Crippen molar-refractivity contribution in [3.63, 3.8) is 0 Å². The summed E-state index contributed by atoms with van der Waals surface area (Å²) in [5, 5.41) is 2.79. The lowest BCUT2D eigenvalue weighted by molar-refractivity contribution is -0.314. The number of nitrogens with one attached hydrogen (secondary N) is 1. The van der Waals surface area contributed by atoms with Crippen molar-refractivity contribution in [2.24, 2.45) is 0 Å². The molecule has 0 spiro atoms. The maximum Gasteiger partial charge on any atom is 0.434 e. The van der Waals surface area contributed by atoms with Gasteiger partial charge in [-0.3, -0.25) is 14.5 Å². The molecule has 12 heteroatoms. The lowest BCUT2D eigenvalue weighted by Crippen LogP contribution is -2.57. The molecule has 1 fully saturated rings. The zero-order valence-electron chi connectivity index (χ0n) is 19.5. The Labute approximate surface area is 203 Å². The molecule has 0 aromatic heterocycles. The number of halogens is 6. The molecule has 1 saturated heterocycles. The van der Waals surface area contributed by atoms with Crippen LogP contribution in [-0.2, 0) is 16.1 Å². The first-order valence-corrected chi connectivity index (χ1v) is 11.0. The van der Waals surface area contributed by atoms with Crippen LogP contribution in [0.1, 0.15) is 15.9 Å². The summed E-state index contributed by atoms with van der Waals surface area (Å²) in [6.45, 7) is 0.206. The van der Waals surface area contributed by atoms with E-state index in [1.165, 1.54) is 9.80 Å². The third kappa shape index (κ3) is 6.55. The number of nitrogens with zero attached hydrogens (tertiary/aromatic N) is 2. The number of benzene rings is 2. The average molecular weight is 517 g/mol. The van der Waals surface area contributed by atoms with Gasteiger partial charge in [0.2, 0.25) is 0 Å². The van der Waals surface area contributed by atoms with Crippen LogP contribution in [0.15, 0.2) is 48.5 Å². The zero-order valence-corrected chi connectivity index (χ0v) is 19.5. The van der Waals surface area contributed by atoms with E-state index in [4.69, 9.17) is 0 Å². The number of carbonyl (C=O) groups is 2. The van der Waals surface area contributed by atoms with Gasteiger partial charge in [0, 0.05) is 45.8 Å². The first kappa shape index (κ1) is 27.5. The van der Waals surface area contributed by atoms with Crippen LogP contribution >= 0.6 is 0 Å². The molecule has 2 aromatic rings. The van der Waals surface area contributed by atoms with Gasteiger partial charge in [-0.1, -0.05) is 42.5 Å². The summed E-state index contributed by atoms with van der Waals surface area (Å²) in [4.78, 5) is 28.2. The maximum atomic E-state index is 12.9. The fourth-order valence-corrected chi connectivity index (χ4v) is 3.87. The number of rotatable bonds is 6. The SMILES string of the molecule is CN(C)C(=O)c1cc(-c2ccccc2)ccc1CN1CCNCC1C(=O)OC(C(F)(F)F)C(F)(F)F. The van der Waals surface area contributed by atoms with E-state index in [0.717, 1.165) is 11.1 Å². The minimum atomic E-state index is -5.81. The van der Waals surface area contributed by atoms with E-state index in [2.05, 4.69) is 10.1 Å². The zero-order chi connectivity index (χ0) is 26.7. The van der Waals surface area contributed by atoms with Crippen molar-refractivity contribution in [2.45, 2.75) is 31.0 Å². The van der Waals surface area contributed by atoms with Gasteiger partial charge in [0.25, 0.3) is 12.0 Å². The Morgan fingerprint density at radius 2 is 1.67 bits per heavy atom. The molecule has 6 nitrogen and oxygen atoms in total. The second-order valence-electron chi connectivity index (χ2n) is 8.53. The summed E-state index contributed by atoms with van der Waals surface area (Å²) in [6, 6.07) is 12.9. The second-order valence-corrected chi connectivity index (χ2v) is 8.53. The number of alkyl halides is 6. The quantitative estimate of drug-likeness (QED) is 0.466. The number of hydrogen-bond donors (Lipinski definition) is 1. The third-order valence-electron chi connectivity index (χ3n) is 5.68. The Kier molecular flexibility index (Phi) is 8.29. The molecule has 1 unspecified atom stereocenters. The van der Waals surface area contributed by atoms with Crippen LogP contribution in [-0.4, -0.2) is 79.9 Å². The molecule has 3 rings (SSSR count). The van der Waals surface area contributed by atoms with Crippen molar-refractivity contribution < 1.29 is 40.7 Å². The van der Waals surface area contributed by atoms with Crippen LogP contribution in [0, 0.1) is 0 Å². The summed E-state index contributed by atoms with van der Waals surface area (Å²) in [5.41, 5.74) is 2.37. The molecule has 1 atom stereocenters. The third-order valence-corrected chi connectivity index (χ3v) is 5.68. The average Bonchev–Trinajstić information content (AvgIpc) is 2.81. The molecule has 0 aliphatic carbocycles. The fraction of sp³-hybridized carbons (Fsp3) is 0.417. The van der Waals surface area contributed by atoms with E-state index in [-0.39, 0.29) is 25.5 Å². The minimum Gasteiger partial charge on any atom is -0.442 e. The van der Waals surface area contributed by atoms with E-state index in [0.29, 0.717) is 17.7 Å². The van der Waals surface area contributed by atoms with Crippen molar-refractivity contribution in [3.05, 3.63) is 59.7 Å². The molecule has 0 bridgehead atoms. The van der Waals surface area contributed by atoms with E-state index in [1.807, 2.05) is 30.3 Å². The van der Waals surface area contributed by atoms with Crippen molar-refractivity contribution in [3.8, 4) is 11.1 Å². The van der Waals surface area contributed by atoms with Gasteiger partial charge in [0.05, 0.1) is 0 Å². The van der Waals surface area contributed by atoms with Crippen LogP contribution < -0.4 is 5.32 Å². The monoisotopic (exact) mass is 517 g/mol. The Morgan fingerprint density at radius 3 is 2.25 bits per heavy atom. The summed E-state index contributed by atoms with van der Waals surface area (Å²) in [6.07, 6.45) is -15.8. The number of esters is 1. The van der Waals surface area contributed by atoms with Gasteiger partial charge in [-0.25, -0.2) is 0 Å². The largest absolute Gasteiger partial charge is 0.442 e. The van der Waals surface area contributed by atoms with Gasteiger partial charge in [-0.05, 0) is 22.8 Å². The topological polar surface area (TPSA) is 61.9 Å². The molecule has 1 aliphatic rings. The summed E-state index contributed by atoms with van der Waals surface area (Å²) < 4.78 is 81.4. The van der Waals surface area contributed by atoms with Gasteiger partial charge < -0.3 is 15.0 Å². The lowest BCUT2D eigenvalue weighted by Gasteiger charge is -2.36. The molecule has 1 heterocycles. The first-order valence-electron chi connectivity index (χ1n) is 11.0. The standard InChI is InChI=1S/C24H25F6N3O3/c1-32(2)20(34)18-12-16(15-6-4-3-5-7-15)8-9-17(18)14-33-11-10-31-13-19(33)21(35)36-22(23(25,26)27)24(28,29)30/h3-9,12,19,22,31H,10-11,13-14H2,1-2H3. The van der Waals surface area contributed by atoms with Crippen molar-refractivity contribution in [1.82, 2.24) is 15.1 Å². The molecular formula is C24H25F6N3O3. The predicted octanol–water partition coefficient (Wildman–Crippen LogP) is 3.87. The summed E-state index contributed by atoms with van der Waals surface area (Å²) in [7, 11) is 3.11. The highest BCUT2D eigenvalue weighted by atomic mass is 19.4. The molecule has 0 radical (unpaired) electrons. The number of amides is 1. The molecule has 2 aromatic carbocycles. The highest BCUT2D eigenvalue weighted by Crippen LogP contribution is 2.36. The molecule has 196 valence electrons. The smallest absolute Gasteiger partial charge is 0.434 e. The van der Waals surface area contributed by atoms with Gasteiger partial charge in [-0.15, -0.1) is 0 Å². The molecule has 1 amide bonds. The van der Waals surface area contributed by atoms with Gasteiger partial charge in [-0.2, -0.15) is 26.3 Å². The van der Waals surface area contributed by atoms with E-state index < -0.39 is 30.5 Å². The normalized spacial score (nSPS) is 17.2. The molecule has 36 heavy (non-hydrogen) atoms. The van der Waals surface area contributed by atoms with Crippen molar-refractivity contribution in [2.75, 3.05) is 33.7 Å². The number of piperazine rings is 1. The Hall–Kier alpha value is -3.12. The van der Waals surface area contributed by atoms with Crippen LogP contribution in [0.25, 0.3) is 11.1 Å². The summed E-state index contributed by atoms with van der Waals surface area (Å²) in [5.74, 6) is -1.99. The Balaban J connectivity index is 1.90. The fourth-order valence-electron chi connectivity index (χ4n) is 3.87. The maximum absolute atomic E-state index is 12.9. The molecule has 1 aliphatic heterocycles. The van der Waals surface area contributed by atoms with Crippen molar-refractivity contribution in [1.29, 1.82) is 0 Å². The van der Waals surface area contributed by atoms with Crippen LogP contribution in [0.2, 0.25) is 0 Å². The summed E-state index contributed by atoms with van der Waals surface area (Å²) >= 11 is 0. The first-order chi connectivity index (χ1) is 16.8. The molecular weight excluding hydrogens is 492 g/mol. The van der Waals surface area contributed by atoms with Crippen LogP contribution in [0.5, 0.6) is 0 Å². The number of hydrogen-bond acceptors (Lipinski definition) is 5.